The Balaban J connectivity index is 0. The van der Waals surface area contributed by atoms with Crippen molar-refractivity contribution in [3.05, 3.63) is 7.43 Å². The van der Waals surface area contributed by atoms with Crippen LogP contribution in [0, 0.1) is 7.43 Å². The van der Waals surface area contributed by atoms with Gasteiger partial charge in [-0.3, -0.25) is 0 Å². The molecule has 0 amide bonds. The highest BCUT2D eigenvalue weighted by molar-refractivity contribution is 7.98. The van der Waals surface area contributed by atoms with Crippen LogP contribution < -0.4 is 10.8 Å². The van der Waals surface area contributed by atoms with Crippen LogP contribution in [0.1, 0.15) is 6.42 Å². The van der Waals surface area contributed by atoms with Gasteiger partial charge < -0.3 is 15.6 Å². The molecule has 3 nitrogen and oxygen atoms in total. The van der Waals surface area contributed by atoms with Crippen LogP contribution in [0.25, 0.3) is 0 Å². The lowest BCUT2D eigenvalue weighted by Gasteiger charge is -2.10. The van der Waals surface area contributed by atoms with Crippen molar-refractivity contribution in [1.82, 2.24) is 0 Å². The zero-order valence-electron chi connectivity index (χ0n) is 6.29. The number of carboxylic acid groups (broad SMARTS) is 1. The van der Waals surface area contributed by atoms with Crippen molar-refractivity contribution in [3.8, 4) is 0 Å². The van der Waals surface area contributed by atoms with Crippen molar-refractivity contribution in [2.75, 3.05) is 12.0 Å². The van der Waals surface area contributed by atoms with Gasteiger partial charge in [-0.25, -0.2) is 0 Å². The summed E-state index contributed by atoms with van der Waals surface area (Å²) in [4.78, 5) is 9.96. The maximum absolute atomic E-state index is 9.96. The maximum atomic E-state index is 9.96. The van der Waals surface area contributed by atoms with E-state index in [4.69, 9.17) is 5.73 Å². The normalized spacial score (nSPS) is 11.8. The van der Waals surface area contributed by atoms with E-state index in [-0.39, 0.29) is 7.43 Å². The van der Waals surface area contributed by atoms with Crippen molar-refractivity contribution in [2.24, 2.45) is 5.73 Å². The van der Waals surface area contributed by atoms with Crippen LogP contribution in [-0.4, -0.2) is 24.0 Å². The van der Waals surface area contributed by atoms with E-state index < -0.39 is 12.0 Å². The zero-order valence-corrected chi connectivity index (χ0v) is 7.11. The van der Waals surface area contributed by atoms with Crippen molar-refractivity contribution < 1.29 is 9.90 Å². The summed E-state index contributed by atoms with van der Waals surface area (Å²) in [7, 11) is 0. The summed E-state index contributed by atoms with van der Waals surface area (Å²) in [5.74, 6) is -0.390. The van der Waals surface area contributed by atoms with E-state index in [0.29, 0.717) is 6.42 Å². The maximum Gasteiger partial charge on any atom is 0.0582 e. The van der Waals surface area contributed by atoms with Gasteiger partial charge in [-0.2, -0.15) is 11.8 Å². The van der Waals surface area contributed by atoms with Crippen LogP contribution in [0.15, 0.2) is 0 Å². The summed E-state index contributed by atoms with van der Waals surface area (Å²) in [5.41, 5.74) is 5.13. The summed E-state index contributed by atoms with van der Waals surface area (Å²) in [6, 6.07) is -0.794. The van der Waals surface area contributed by atoms with E-state index in [1.807, 2.05) is 6.26 Å². The first-order chi connectivity index (χ1) is 4.18. The number of hydrogen-bond donors (Lipinski definition) is 1. The molecule has 1 unspecified atom stereocenters. The minimum Gasteiger partial charge on any atom is -0.548 e. The highest BCUT2D eigenvalue weighted by Gasteiger charge is 2.00. The van der Waals surface area contributed by atoms with Gasteiger partial charge in [-0.15, -0.1) is 0 Å². The fraction of sp³-hybridized carbons (Fsp3) is 0.667. The molecule has 0 aromatic heterocycles. The number of hydrogen-bond acceptors (Lipinski definition) is 4. The quantitative estimate of drug-likeness (QED) is 0.555. The minimum atomic E-state index is -1.16. The Morgan fingerprint density at radius 3 is 2.60 bits per heavy atom. The van der Waals surface area contributed by atoms with Crippen LogP contribution in [0.3, 0.4) is 0 Å². The number of carbonyl (C=O) groups excluding carboxylic acids is 1. The second-order valence-corrected chi connectivity index (χ2v) is 2.69. The highest BCUT2D eigenvalue weighted by Crippen LogP contribution is 1.96. The van der Waals surface area contributed by atoms with Gasteiger partial charge in [-0.05, 0) is 18.4 Å². The topological polar surface area (TPSA) is 66.2 Å². The van der Waals surface area contributed by atoms with Gasteiger partial charge in [0.05, 0.1) is 5.97 Å². The molecule has 0 aromatic carbocycles. The number of nitrogens with two attached hydrogens (primary N) is 1. The molecule has 0 spiro atoms. The summed E-state index contributed by atoms with van der Waals surface area (Å²) >= 11 is 1.58. The molecule has 0 saturated heterocycles. The molecule has 0 aromatic rings. The third-order valence-corrected chi connectivity index (χ3v) is 1.58. The van der Waals surface area contributed by atoms with Crippen LogP contribution in [0.2, 0.25) is 0 Å². The van der Waals surface area contributed by atoms with Crippen LogP contribution in [-0.2, 0) is 4.79 Å². The van der Waals surface area contributed by atoms with Crippen LogP contribution in [0.5, 0.6) is 0 Å². The first kappa shape index (κ1) is 12.3. The standard InChI is InChI=1S/C5H11NO2S.CH3/c1-9-3-2-4(6)5(7)8;/h4H,2-3,6H2,1H3,(H,7,8);1H3/q;+1/p-1. The van der Waals surface area contributed by atoms with Gasteiger partial charge in [0.1, 0.15) is 0 Å². The number of thioether (sulfide) groups is 1. The average Bonchev–Trinajstić information content (AvgIpc) is 1.82. The molecule has 0 saturated carbocycles. The summed E-state index contributed by atoms with van der Waals surface area (Å²) in [5, 5.41) is 9.96. The molecule has 0 aliphatic heterocycles. The van der Waals surface area contributed by atoms with E-state index in [1.165, 1.54) is 0 Å². The number of aliphatic carboxylic acids is 1. The molecular formula is C6H13NO2S. The molecule has 0 radical (unpaired) electrons. The molecule has 0 aliphatic rings. The molecule has 2 N–H and O–H groups in total. The van der Waals surface area contributed by atoms with E-state index >= 15 is 0 Å². The molecule has 0 bridgehead atoms. The second-order valence-electron chi connectivity index (χ2n) is 1.71. The molecular weight excluding hydrogens is 150 g/mol. The third-order valence-electron chi connectivity index (χ3n) is 0.936. The Hall–Kier alpha value is -0.350. The fourth-order valence-corrected chi connectivity index (χ4v) is 0.852. The molecule has 0 heterocycles. The van der Waals surface area contributed by atoms with E-state index in [0.717, 1.165) is 5.75 Å². The van der Waals surface area contributed by atoms with Crippen LogP contribution in [0.4, 0.5) is 0 Å². The van der Waals surface area contributed by atoms with Gasteiger partial charge in [0.15, 0.2) is 0 Å². The van der Waals surface area contributed by atoms with Gasteiger partial charge in [-0.1, -0.05) is 0 Å². The first-order valence-corrected chi connectivity index (χ1v) is 4.03. The molecule has 4 heteroatoms. The Morgan fingerprint density at radius 1 is 1.80 bits per heavy atom. The van der Waals surface area contributed by atoms with E-state index in [9.17, 15) is 9.90 Å². The molecule has 0 rings (SSSR count). The lowest BCUT2D eigenvalue weighted by Crippen LogP contribution is -2.42. The van der Waals surface area contributed by atoms with Gasteiger partial charge in [0.25, 0.3) is 0 Å². The Morgan fingerprint density at radius 2 is 2.30 bits per heavy atom. The Bertz CT molecular complexity index is 97.7. The van der Waals surface area contributed by atoms with Crippen molar-refractivity contribution in [2.45, 2.75) is 12.5 Å². The molecule has 0 fully saturated rings. The van der Waals surface area contributed by atoms with E-state index in [1.54, 1.807) is 11.8 Å². The summed E-state index contributed by atoms with van der Waals surface area (Å²) < 4.78 is 0. The number of rotatable bonds is 4. The summed E-state index contributed by atoms with van der Waals surface area (Å²) in [6.45, 7) is 0. The highest BCUT2D eigenvalue weighted by atomic mass is 32.2. The van der Waals surface area contributed by atoms with Crippen LogP contribution >= 0.6 is 11.8 Å². The largest absolute Gasteiger partial charge is 0.548 e. The first-order valence-electron chi connectivity index (χ1n) is 2.64. The third kappa shape index (κ3) is 5.78. The zero-order chi connectivity index (χ0) is 7.28. The van der Waals surface area contributed by atoms with Crippen molar-refractivity contribution >= 4 is 17.7 Å². The predicted octanol–water partition coefficient (Wildman–Crippen LogP) is -0.733. The second kappa shape index (κ2) is 6.77. The average molecular weight is 163 g/mol. The lowest BCUT2D eigenvalue weighted by molar-refractivity contribution is -0.307. The molecule has 0 aliphatic carbocycles. The summed E-state index contributed by atoms with van der Waals surface area (Å²) in [6.07, 6.45) is 2.39. The monoisotopic (exact) mass is 163 g/mol. The predicted molar refractivity (Wildman–Crippen MR) is 42.4 cm³/mol. The van der Waals surface area contributed by atoms with Gasteiger partial charge in [0.2, 0.25) is 0 Å². The molecule has 1 atom stereocenters. The van der Waals surface area contributed by atoms with Gasteiger partial charge >= 0.3 is 0 Å². The van der Waals surface area contributed by atoms with Crippen molar-refractivity contribution in [1.29, 1.82) is 0 Å². The van der Waals surface area contributed by atoms with Gasteiger partial charge in [0, 0.05) is 13.5 Å². The Labute approximate surface area is 66.0 Å². The van der Waals surface area contributed by atoms with E-state index in [2.05, 4.69) is 0 Å². The minimum absolute atomic E-state index is 0. The lowest BCUT2D eigenvalue weighted by atomic mass is 10.2. The SMILES string of the molecule is CSCCC(N)C(=O)[O-].[CH3+]. The van der Waals surface area contributed by atoms with Crippen molar-refractivity contribution in [3.63, 3.8) is 0 Å². The molecule has 10 heavy (non-hydrogen) atoms. The Kier molecular flexibility index (Phi) is 8.35. The number of carboxylic acids is 1. The molecule has 60 valence electrons. The smallest absolute Gasteiger partial charge is 0.0582 e. The number of carbonyl (C=O) groups is 1. The fourth-order valence-electron chi connectivity index (χ4n) is 0.363.